The second-order valence-electron chi connectivity index (χ2n) is 3.33. The summed E-state index contributed by atoms with van der Waals surface area (Å²) >= 11 is 0. The zero-order valence-electron chi connectivity index (χ0n) is 9.59. The maximum absolute atomic E-state index is 11.2. The second kappa shape index (κ2) is 7.36. The molecule has 0 radical (unpaired) electrons. The lowest BCUT2D eigenvalue weighted by atomic mass is 10.1. The molecule has 0 heterocycles. The number of allylic oxidation sites excluding steroid dienone is 3. The van der Waals surface area contributed by atoms with Crippen LogP contribution in [0, 0.1) is 0 Å². The monoisotopic (exact) mass is 196 g/mol. The Balaban J connectivity index is 4.22. The minimum Gasteiger partial charge on any atom is -0.463 e. The second-order valence-corrected chi connectivity index (χ2v) is 3.33. The highest BCUT2D eigenvalue weighted by Gasteiger charge is 2.01. The first-order chi connectivity index (χ1) is 6.61. The van der Waals surface area contributed by atoms with E-state index in [1.807, 2.05) is 19.1 Å². The fourth-order valence-corrected chi connectivity index (χ4v) is 1.06. The minimum atomic E-state index is -0.229. The van der Waals surface area contributed by atoms with Crippen molar-refractivity contribution in [3.8, 4) is 0 Å². The summed E-state index contributed by atoms with van der Waals surface area (Å²) in [6.45, 7) is 8.22. The molecule has 0 atom stereocenters. The van der Waals surface area contributed by atoms with Gasteiger partial charge < -0.3 is 4.74 Å². The number of carbonyl (C=O) groups is 1. The average Bonchev–Trinajstić information content (AvgIpc) is 2.15. The lowest BCUT2D eigenvalue weighted by Crippen LogP contribution is -2.04. The first kappa shape index (κ1) is 12.9. The molecule has 0 aromatic heterocycles. The van der Waals surface area contributed by atoms with Crippen LogP contribution < -0.4 is 0 Å². The molecule has 2 nitrogen and oxygen atoms in total. The molecule has 0 fully saturated rings. The summed E-state index contributed by atoms with van der Waals surface area (Å²) in [5, 5.41) is 0. The highest BCUT2D eigenvalue weighted by molar-refractivity contribution is 5.88. The highest BCUT2D eigenvalue weighted by Crippen LogP contribution is 2.05. The maximum Gasteiger partial charge on any atom is 0.333 e. The van der Waals surface area contributed by atoms with Crippen LogP contribution in [0.15, 0.2) is 23.3 Å². The Morgan fingerprint density at radius 3 is 2.36 bits per heavy atom. The van der Waals surface area contributed by atoms with Crippen molar-refractivity contribution in [2.24, 2.45) is 0 Å². The molecule has 0 aliphatic rings. The summed E-state index contributed by atoms with van der Waals surface area (Å²) in [7, 11) is 0. The molecule has 0 aliphatic carbocycles. The first-order valence-electron chi connectivity index (χ1n) is 5.13. The lowest BCUT2D eigenvalue weighted by molar-refractivity contribution is -0.138. The number of hydrogen-bond donors (Lipinski definition) is 0. The van der Waals surface area contributed by atoms with Gasteiger partial charge in [0.05, 0.1) is 6.61 Å². The molecule has 0 saturated heterocycles. The molecule has 14 heavy (non-hydrogen) atoms. The lowest BCUT2D eigenvalue weighted by Gasteiger charge is -2.00. The normalized spacial score (nSPS) is 12.9. The Kier molecular flexibility index (Phi) is 6.81. The van der Waals surface area contributed by atoms with Crippen LogP contribution in [0.5, 0.6) is 0 Å². The van der Waals surface area contributed by atoms with Gasteiger partial charge in [0.2, 0.25) is 0 Å². The van der Waals surface area contributed by atoms with Crippen molar-refractivity contribution in [2.45, 2.75) is 40.5 Å². The van der Waals surface area contributed by atoms with Crippen molar-refractivity contribution in [1.29, 1.82) is 0 Å². The number of rotatable bonds is 5. The molecule has 0 spiro atoms. The topological polar surface area (TPSA) is 26.3 Å². The third-order valence-corrected chi connectivity index (χ3v) is 1.86. The van der Waals surface area contributed by atoms with Gasteiger partial charge in [-0.15, -0.1) is 0 Å². The zero-order valence-corrected chi connectivity index (χ0v) is 9.59. The zero-order chi connectivity index (χ0) is 11.0. The van der Waals surface area contributed by atoms with Crippen molar-refractivity contribution in [3.05, 3.63) is 23.3 Å². The summed E-state index contributed by atoms with van der Waals surface area (Å²) in [5.41, 5.74) is 1.94. The van der Waals surface area contributed by atoms with Crippen LogP contribution in [0.3, 0.4) is 0 Å². The molecule has 0 aromatic rings. The third kappa shape index (κ3) is 5.57. The van der Waals surface area contributed by atoms with E-state index in [0.717, 1.165) is 12.8 Å². The Morgan fingerprint density at radius 1 is 1.21 bits per heavy atom. The van der Waals surface area contributed by atoms with Crippen LogP contribution in [-0.2, 0) is 9.53 Å². The Morgan fingerprint density at radius 2 is 1.86 bits per heavy atom. The largest absolute Gasteiger partial charge is 0.463 e. The summed E-state index contributed by atoms with van der Waals surface area (Å²) < 4.78 is 4.86. The van der Waals surface area contributed by atoms with Gasteiger partial charge in [-0.2, -0.15) is 0 Å². The van der Waals surface area contributed by atoms with E-state index >= 15 is 0 Å². The number of carbonyl (C=O) groups excluding carboxylic acids is 1. The Hall–Kier alpha value is -1.05. The van der Waals surface area contributed by atoms with Crippen LogP contribution in [0.4, 0.5) is 0 Å². The molecule has 0 rings (SSSR count). The Bertz CT molecular complexity index is 237. The summed E-state index contributed by atoms with van der Waals surface area (Å²) in [4.78, 5) is 11.2. The van der Waals surface area contributed by atoms with E-state index in [4.69, 9.17) is 4.74 Å². The van der Waals surface area contributed by atoms with Gasteiger partial charge >= 0.3 is 5.97 Å². The SMILES string of the molecule is CCC/C(C)=C/C=C(\C)C(=O)OCC. The summed E-state index contributed by atoms with van der Waals surface area (Å²) in [6, 6.07) is 0. The van der Waals surface area contributed by atoms with Crippen molar-refractivity contribution < 1.29 is 9.53 Å². The molecule has 0 amide bonds. The van der Waals surface area contributed by atoms with Crippen LogP contribution in [-0.4, -0.2) is 12.6 Å². The third-order valence-electron chi connectivity index (χ3n) is 1.86. The summed E-state index contributed by atoms with van der Waals surface area (Å²) in [5.74, 6) is -0.229. The standard InChI is InChI=1S/C12H20O2/c1-5-7-10(3)8-9-11(4)12(13)14-6-2/h8-9H,5-7H2,1-4H3/b10-8+,11-9+. The van der Waals surface area contributed by atoms with Gasteiger partial charge in [0.25, 0.3) is 0 Å². The van der Waals surface area contributed by atoms with E-state index < -0.39 is 0 Å². The van der Waals surface area contributed by atoms with Gasteiger partial charge in [-0.05, 0) is 27.2 Å². The van der Waals surface area contributed by atoms with Crippen LogP contribution >= 0.6 is 0 Å². The van der Waals surface area contributed by atoms with Gasteiger partial charge in [0, 0.05) is 5.57 Å². The average molecular weight is 196 g/mol. The molecular formula is C12H20O2. The van der Waals surface area contributed by atoms with Crippen molar-refractivity contribution in [1.82, 2.24) is 0 Å². The smallest absolute Gasteiger partial charge is 0.333 e. The van der Waals surface area contributed by atoms with Gasteiger partial charge in [-0.25, -0.2) is 4.79 Å². The van der Waals surface area contributed by atoms with Gasteiger partial charge in [0.1, 0.15) is 0 Å². The van der Waals surface area contributed by atoms with E-state index in [1.54, 1.807) is 6.92 Å². The van der Waals surface area contributed by atoms with E-state index in [9.17, 15) is 4.79 Å². The van der Waals surface area contributed by atoms with Crippen LogP contribution in [0.25, 0.3) is 0 Å². The van der Waals surface area contributed by atoms with Crippen LogP contribution in [0.1, 0.15) is 40.5 Å². The Labute approximate surface area is 86.6 Å². The van der Waals surface area contributed by atoms with Gasteiger partial charge in [0.15, 0.2) is 0 Å². The molecule has 0 saturated carbocycles. The fourth-order valence-electron chi connectivity index (χ4n) is 1.06. The molecule has 0 unspecified atom stereocenters. The molecule has 80 valence electrons. The number of ether oxygens (including phenoxy) is 1. The van der Waals surface area contributed by atoms with E-state index in [-0.39, 0.29) is 5.97 Å². The fraction of sp³-hybridized carbons (Fsp3) is 0.583. The van der Waals surface area contributed by atoms with Gasteiger partial charge in [-0.3, -0.25) is 0 Å². The molecule has 2 heteroatoms. The number of hydrogen-bond acceptors (Lipinski definition) is 2. The minimum absolute atomic E-state index is 0.229. The van der Waals surface area contributed by atoms with Crippen LogP contribution in [0.2, 0.25) is 0 Å². The highest BCUT2D eigenvalue weighted by atomic mass is 16.5. The summed E-state index contributed by atoms with van der Waals surface area (Å²) in [6.07, 6.45) is 6.01. The van der Waals surface area contributed by atoms with E-state index in [0.29, 0.717) is 12.2 Å². The van der Waals surface area contributed by atoms with Gasteiger partial charge in [-0.1, -0.05) is 31.1 Å². The predicted octanol–water partition coefficient (Wildman–Crippen LogP) is 3.24. The predicted molar refractivity (Wildman–Crippen MR) is 59.1 cm³/mol. The molecule has 0 aromatic carbocycles. The number of esters is 1. The van der Waals surface area contributed by atoms with Crippen molar-refractivity contribution in [2.75, 3.05) is 6.61 Å². The maximum atomic E-state index is 11.2. The molecule has 0 bridgehead atoms. The van der Waals surface area contributed by atoms with E-state index in [1.165, 1.54) is 5.57 Å². The first-order valence-corrected chi connectivity index (χ1v) is 5.13. The molecule has 0 aliphatic heterocycles. The molecular weight excluding hydrogens is 176 g/mol. The van der Waals surface area contributed by atoms with Crippen molar-refractivity contribution >= 4 is 5.97 Å². The quantitative estimate of drug-likeness (QED) is 0.383. The molecule has 0 N–H and O–H groups in total. The van der Waals surface area contributed by atoms with Crippen molar-refractivity contribution in [3.63, 3.8) is 0 Å². The van der Waals surface area contributed by atoms with E-state index in [2.05, 4.69) is 13.8 Å².